The summed E-state index contributed by atoms with van der Waals surface area (Å²) in [5.74, 6) is -2.83. The summed E-state index contributed by atoms with van der Waals surface area (Å²) in [5.41, 5.74) is 2.89. The third-order valence-corrected chi connectivity index (χ3v) is 5.75. The second-order valence-electron chi connectivity index (χ2n) is 8.28. The highest BCUT2D eigenvalue weighted by Gasteiger charge is 2.42. The Bertz CT molecular complexity index is 1090. The van der Waals surface area contributed by atoms with Gasteiger partial charge >= 0.3 is 0 Å². The van der Waals surface area contributed by atoms with Crippen molar-refractivity contribution in [2.45, 2.75) is 45.1 Å². The van der Waals surface area contributed by atoms with Crippen LogP contribution in [-0.2, 0) is 11.2 Å². The molecule has 4 rings (SSSR count). The van der Waals surface area contributed by atoms with Gasteiger partial charge < -0.3 is 15.5 Å². The fourth-order valence-corrected chi connectivity index (χ4v) is 4.00. The molecule has 1 aliphatic heterocycles. The Morgan fingerprint density at radius 1 is 1.28 bits per heavy atom. The van der Waals surface area contributed by atoms with Gasteiger partial charge in [0.25, 0.3) is 11.8 Å². The number of halogens is 2. The summed E-state index contributed by atoms with van der Waals surface area (Å²) in [6.07, 6.45) is 6.44. The molecule has 9 heteroatoms. The number of rotatable bonds is 5. The number of anilines is 2. The molecule has 3 heterocycles. The highest BCUT2D eigenvalue weighted by atomic mass is 19.3. The maximum Gasteiger partial charge on any atom is 0.273 e. The molecule has 2 N–H and O–H groups in total. The van der Waals surface area contributed by atoms with Crippen molar-refractivity contribution in [3.63, 3.8) is 0 Å². The molecule has 0 bridgehead atoms. The number of aryl methyl sites for hydroxylation is 1. The SMILES string of the molecule is CC(=O)NC[C@H]1CCC(F)(F)CN1C(=O)c1nc(Nc2cc3c(cn2)C=CC3)ccc1C. The molecule has 1 aliphatic carbocycles. The van der Waals surface area contributed by atoms with Crippen LogP contribution in [0.5, 0.6) is 0 Å². The van der Waals surface area contributed by atoms with Crippen molar-refractivity contribution in [3.05, 3.63) is 52.9 Å². The summed E-state index contributed by atoms with van der Waals surface area (Å²) in [4.78, 5) is 34.5. The van der Waals surface area contributed by atoms with Gasteiger partial charge in [0.05, 0.1) is 6.54 Å². The summed E-state index contributed by atoms with van der Waals surface area (Å²) >= 11 is 0. The molecule has 0 spiro atoms. The number of pyridine rings is 2. The minimum atomic E-state index is -2.98. The van der Waals surface area contributed by atoms with Gasteiger partial charge in [0, 0.05) is 32.1 Å². The fourth-order valence-electron chi connectivity index (χ4n) is 4.00. The molecule has 168 valence electrons. The number of aromatic nitrogens is 2. The molecule has 0 saturated carbocycles. The molecule has 2 aliphatic rings. The molecule has 7 nitrogen and oxygen atoms in total. The molecule has 2 aromatic rings. The topological polar surface area (TPSA) is 87.2 Å². The van der Waals surface area contributed by atoms with Crippen LogP contribution in [0.2, 0.25) is 0 Å². The Kier molecular flexibility index (Phi) is 5.90. The van der Waals surface area contributed by atoms with Crippen LogP contribution in [0.3, 0.4) is 0 Å². The van der Waals surface area contributed by atoms with E-state index >= 15 is 0 Å². The Balaban J connectivity index is 1.57. The number of likely N-dealkylation sites (tertiary alicyclic amines) is 1. The first-order valence-corrected chi connectivity index (χ1v) is 10.6. The number of carbonyl (C=O) groups is 2. The van der Waals surface area contributed by atoms with Gasteiger partial charge in [-0.05, 0) is 48.6 Å². The molecular formula is C23H25F2N5O2. The van der Waals surface area contributed by atoms with E-state index < -0.39 is 24.4 Å². The van der Waals surface area contributed by atoms with Gasteiger partial charge in [0.1, 0.15) is 17.3 Å². The first-order valence-electron chi connectivity index (χ1n) is 10.6. The lowest BCUT2D eigenvalue weighted by atomic mass is 9.98. The maximum absolute atomic E-state index is 14.2. The number of nitrogens with zero attached hydrogens (tertiary/aromatic N) is 3. The Hall–Kier alpha value is -3.36. The van der Waals surface area contributed by atoms with Crippen molar-refractivity contribution < 1.29 is 18.4 Å². The number of carbonyl (C=O) groups excluding carboxylic acids is 2. The van der Waals surface area contributed by atoms with Crippen LogP contribution < -0.4 is 10.6 Å². The van der Waals surface area contributed by atoms with E-state index in [0.29, 0.717) is 17.2 Å². The van der Waals surface area contributed by atoms with Crippen LogP contribution >= 0.6 is 0 Å². The lowest BCUT2D eigenvalue weighted by Crippen LogP contribution is -2.55. The Morgan fingerprint density at radius 3 is 2.88 bits per heavy atom. The minimum Gasteiger partial charge on any atom is -0.354 e. The third-order valence-electron chi connectivity index (χ3n) is 5.75. The summed E-state index contributed by atoms with van der Waals surface area (Å²) in [6.45, 7) is 2.50. The predicted octanol–water partition coefficient (Wildman–Crippen LogP) is 3.47. The molecule has 1 fully saturated rings. The summed E-state index contributed by atoms with van der Waals surface area (Å²) in [6, 6.07) is 4.85. The molecule has 1 saturated heterocycles. The van der Waals surface area contributed by atoms with Crippen molar-refractivity contribution in [1.82, 2.24) is 20.2 Å². The third kappa shape index (κ3) is 4.76. The van der Waals surface area contributed by atoms with E-state index in [-0.39, 0.29) is 31.0 Å². The van der Waals surface area contributed by atoms with E-state index in [4.69, 9.17) is 0 Å². The highest BCUT2D eigenvalue weighted by molar-refractivity contribution is 5.94. The average molecular weight is 441 g/mol. The van der Waals surface area contributed by atoms with Gasteiger partial charge in [-0.25, -0.2) is 18.7 Å². The highest BCUT2D eigenvalue weighted by Crippen LogP contribution is 2.31. The summed E-state index contributed by atoms with van der Waals surface area (Å²) < 4.78 is 28.3. The fraction of sp³-hybridized carbons (Fsp3) is 0.391. The van der Waals surface area contributed by atoms with Gasteiger partial charge in [-0.2, -0.15) is 0 Å². The zero-order valence-corrected chi connectivity index (χ0v) is 18.0. The number of piperidine rings is 1. The van der Waals surface area contributed by atoms with Crippen molar-refractivity contribution >= 4 is 29.5 Å². The van der Waals surface area contributed by atoms with Crippen molar-refractivity contribution in [2.24, 2.45) is 0 Å². The van der Waals surface area contributed by atoms with E-state index in [1.165, 1.54) is 6.92 Å². The normalized spacial score (nSPS) is 18.9. The summed E-state index contributed by atoms with van der Waals surface area (Å²) in [5, 5.41) is 5.73. The number of allylic oxidation sites excluding steroid dienone is 1. The second kappa shape index (κ2) is 8.64. The number of amides is 2. The molecule has 0 radical (unpaired) electrons. The van der Waals surface area contributed by atoms with Crippen LogP contribution in [0.4, 0.5) is 20.4 Å². The number of nitrogens with one attached hydrogen (secondary N) is 2. The van der Waals surface area contributed by atoms with Gasteiger partial charge in [-0.15, -0.1) is 0 Å². The Morgan fingerprint density at radius 2 is 2.09 bits per heavy atom. The van der Waals surface area contributed by atoms with E-state index in [0.717, 1.165) is 22.4 Å². The number of fused-ring (bicyclic) bond motifs is 1. The van der Waals surface area contributed by atoms with E-state index in [2.05, 4.69) is 26.7 Å². The Labute approximate surface area is 184 Å². The van der Waals surface area contributed by atoms with Gasteiger partial charge in [-0.1, -0.05) is 18.2 Å². The molecule has 0 aromatic carbocycles. The van der Waals surface area contributed by atoms with Crippen LogP contribution in [0, 0.1) is 6.92 Å². The van der Waals surface area contributed by atoms with Crippen molar-refractivity contribution in [2.75, 3.05) is 18.4 Å². The van der Waals surface area contributed by atoms with Gasteiger partial charge in [0.15, 0.2) is 0 Å². The standard InChI is InChI=1S/C23H25F2N5O2/c1-14-6-7-19(28-20-10-16-4-3-5-17(16)11-27-20)29-21(14)22(32)30-13-23(24,25)9-8-18(30)12-26-15(2)31/h3,5-7,10-11,18H,4,8-9,12-13H2,1-2H3,(H,26,31)(H,27,28,29)/t18-/m1/s1. The van der Waals surface area contributed by atoms with E-state index in [9.17, 15) is 18.4 Å². The molecule has 2 aromatic heterocycles. The van der Waals surface area contributed by atoms with Crippen molar-refractivity contribution in [3.8, 4) is 0 Å². The largest absolute Gasteiger partial charge is 0.354 e. The zero-order chi connectivity index (χ0) is 22.9. The maximum atomic E-state index is 14.2. The first-order chi connectivity index (χ1) is 15.2. The molecule has 0 unspecified atom stereocenters. The molecule has 1 atom stereocenters. The lowest BCUT2D eigenvalue weighted by Gasteiger charge is -2.39. The smallest absolute Gasteiger partial charge is 0.273 e. The van der Waals surface area contributed by atoms with Crippen LogP contribution in [-0.4, -0.2) is 51.7 Å². The van der Waals surface area contributed by atoms with Crippen LogP contribution in [0.25, 0.3) is 6.08 Å². The quantitative estimate of drug-likeness (QED) is 0.742. The van der Waals surface area contributed by atoms with E-state index in [1.807, 2.05) is 12.1 Å². The van der Waals surface area contributed by atoms with Crippen LogP contribution in [0.1, 0.15) is 46.9 Å². The first kappa shape index (κ1) is 21.9. The monoisotopic (exact) mass is 441 g/mol. The number of hydrogen-bond acceptors (Lipinski definition) is 5. The van der Waals surface area contributed by atoms with Crippen LogP contribution in [0.15, 0.2) is 30.5 Å². The van der Waals surface area contributed by atoms with Gasteiger partial charge in [0.2, 0.25) is 5.91 Å². The summed E-state index contributed by atoms with van der Waals surface area (Å²) in [7, 11) is 0. The van der Waals surface area contributed by atoms with Gasteiger partial charge in [-0.3, -0.25) is 9.59 Å². The second-order valence-corrected chi connectivity index (χ2v) is 8.28. The molecule has 2 amide bonds. The van der Waals surface area contributed by atoms with E-state index in [1.54, 1.807) is 25.3 Å². The molecular weight excluding hydrogens is 416 g/mol. The predicted molar refractivity (Wildman–Crippen MR) is 117 cm³/mol. The molecule has 32 heavy (non-hydrogen) atoms. The number of alkyl halides is 2. The average Bonchev–Trinajstić information content (AvgIpc) is 3.21. The zero-order valence-electron chi connectivity index (χ0n) is 18.0. The number of hydrogen-bond donors (Lipinski definition) is 2. The lowest BCUT2D eigenvalue weighted by molar-refractivity contribution is -0.119. The minimum absolute atomic E-state index is 0.100. The van der Waals surface area contributed by atoms with Crippen molar-refractivity contribution in [1.29, 1.82) is 0 Å².